The van der Waals surface area contributed by atoms with Gasteiger partial charge in [0.25, 0.3) is 0 Å². The Bertz CT molecular complexity index is 4150. The van der Waals surface area contributed by atoms with Gasteiger partial charge in [0.1, 0.15) is 0 Å². The van der Waals surface area contributed by atoms with Crippen LogP contribution in [0.5, 0.6) is 0 Å². The van der Waals surface area contributed by atoms with Crippen molar-refractivity contribution in [2.45, 2.75) is 0 Å². The lowest BCUT2D eigenvalue weighted by atomic mass is 9.78. The highest BCUT2D eigenvalue weighted by Crippen LogP contribution is 2.52. The van der Waals surface area contributed by atoms with Crippen molar-refractivity contribution in [3.05, 3.63) is 267 Å². The first-order valence-electron chi connectivity index (χ1n) is 24.8. The van der Waals surface area contributed by atoms with E-state index in [0.717, 1.165) is 45.5 Å². The van der Waals surface area contributed by atoms with Crippen molar-refractivity contribution < 1.29 is 0 Å². The minimum atomic E-state index is 1.11. The molecule has 0 amide bonds. The minimum Gasteiger partial charge on any atom is -0.310 e. The molecule has 336 valence electrons. The fraction of sp³-hybridized carbons (Fsp3) is 0. The van der Waals surface area contributed by atoms with Gasteiger partial charge in [-0.25, -0.2) is 0 Å². The van der Waals surface area contributed by atoms with Gasteiger partial charge in [-0.05, 0) is 177 Å². The Morgan fingerprint density at radius 2 is 0.583 bits per heavy atom. The van der Waals surface area contributed by atoms with Crippen molar-refractivity contribution in [1.82, 2.24) is 9.13 Å². The first kappa shape index (κ1) is 40.3. The van der Waals surface area contributed by atoms with E-state index in [4.69, 9.17) is 0 Å². The van der Waals surface area contributed by atoms with Crippen LogP contribution in [-0.4, -0.2) is 9.13 Å². The molecule has 12 aromatic carbocycles. The van der Waals surface area contributed by atoms with Gasteiger partial charge in [-0.1, -0.05) is 133 Å². The summed E-state index contributed by atoms with van der Waals surface area (Å²) in [4.78, 5) is 4.87. The number of hydrogen-bond donors (Lipinski definition) is 0. The first-order chi connectivity index (χ1) is 35.7. The molecule has 0 radical (unpaired) electrons. The van der Waals surface area contributed by atoms with Gasteiger partial charge >= 0.3 is 0 Å². The molecule has 72 heavy (non-hydrogen) atoms. The number of aromatic nitrogens is 2. The van der Waals surface area contributed by atoms with E-state index in [2.05, 4.69) is 286 Å². The summed E-state index contributed by atoms with van der Waals surface area (Å²) in [5, 5.41) is 9.77. The molecule has 0 bridgehead atoms. The lowest BCUT2D eigenvalue weighted by molar-refractivity contribution is 1.18. The summed E-state index contributed by atoms with van der Waals surface area (Å²) in [5.41, 5.74) is 19.0. The third kappa shape index (κ3) is 6.12. The smallest absolute Gasteiger partial charge is 0.0562 e. The van der Waals surface area contributed by atoms with Gasteiger partial charge in [-0.15, -0.1) is 0 Å². The number of nitrogens with zero attached hydrogens (tertiary/aromatic N) is 4. The molecule has 0 spiro atoms. The Morgan fingerprint density at radius 1 is 0.236 bits per heavy atom. The molecule has 0 atom stereocenters. The molecule has 2 aromatic heterocycles. The largest absolute Gasteiger partial charge is 0.310 e. The van der Waals surface area contributed by atoms with Crippen LogP contribution >= 0.6 is 0 Å². The summed E-state index contributed by atoms with van der Waals surface area (Å²) in [6.45, 7) is 0. The zero-order valence-electron chi connectivity index (χ0n) is 39.2. The average Bonchev–Trinajstić information content (AvgIpc) is 3.97. The predicted molar refractivity (Wildman–Crippen MR) is 304 cm³/mol. The van der Waals surface area contributed by atoms with Crippen LogP contribution < -0.4 is 9.80 Å². The van der Waals surface area contributed by atoms with Gasteiger partial charge in [-0.2, -0.15) is 0 Å². The lowest BCUT2D eigenvalue weighted by Gasteiger charge is -2.29. The zero-order valence-corrected chi connectivity index (χ0v) is 39.2. The highest BCUT2D eigenvalue weighted by atomic mass is 15.2. The highest BCUT2D eigenvalue weighted by Gasteiger charge is 2.27. The van der Waals surface area contributed by atoms with Gasteiger partial charge in [0.05, 0.1) is 33.4 Å². The standard InChI is InChI=1S/C68H44N4/c1-5-19-49(20-6-1)69(63-31-17-33-65-67(63)55-27-13-15-29-61(55)71(65)51-23-9-3-10-24-51)53-37-35-45-41-57-58-42-46-36-38-54(40-48(46)44-60(58)59(57)43-47(45)39-53)70(50-21-7-2-8-22-50)64-32-18-34-66-68(64)56-28-14-16-30-62(56)72(66)52-25-11-4-12-26-52/h1-44H. The van der Waals surface area contributed by atoms with Crippen molar-refractivity contribution in [1.29, 1.82) is 0 Å². The maximum Gasteiger partial charge on any atom is 0.0562 e. The van der Waals surface area contributed by atoms with Crippen LogP contribution in [0.1, 0.15) is 0 Å². The molecule has 14 aromatic rings. The number of hydrogen-bond acceptors (Lipinski definition) is 2. The maximum absolute atomic E-state index is 2.43. The van der Waals surface area contributed by atoms with Crippen LogP contribution in [0.2, 0.25) is 0 Å². The third-order valence-corrected chi connectivity index (χ3v) is 14.9. The van der Waals surface area contributed by atoms with Crippen LogP contribution in [0.15, 0.2) is 267 Å². The van der Waals surface area contributed by atoms with Crippen LogP contribution in [0, 0.1) is 0 Å². The van der Waals surface area contributed by atoms with E-state index >= 15 is 0 Å². The summed E-state index contributed by atoms with van der Waals surface area (Å²) in [6.07, 6.45) is 0. The molecule has 0 fully saturated rings. The Labute approximate surface area is 416 Å². The van der Waals surface area contributed by atoms with Crippen molar-refractivity contribution in [2.75, 3.05) is 9.80 Å². The maximum atomic E-state index is 2.43. The van der Waals surface area contributed by atoms with E-state index in [1.165, 1.54) is 87.4 Å². The molecule has 0 aliphatic heterocycles. The Balaban J connectivity index is 0.860. The molecule has 0 unspecified atom stereocenters. The molecule has 0 saturated carbocycles. The molecular weight excluding hydrogens is 873 g/mol. The van der Waals surface area contributed by atoms with Crippen molar-refractivity contribution in [3.63, 3.8) is 0 Å². The number of fused-ring (bicyclic) bond motifs is 12. The fourth-order valence-corrected chi connectivity index (χ4v) is 11.8. The molecule has 4 nitrogen and oxygen atoms in total. The van der Waals surface area contributed by atoms with Gasteiger partial charge in [0.15, 0.2) is 0 Å². The van der Waals surface area contributed by atoms with Gasteiger partial charge in [-0.3, -0.25) is 0 Å². The minimum absolute atomic E-state index is 1.11. The van der Waals surface area contributed by atoms with Crippen molar-refractivity contribution in [3.8, 4) is 33.6 Å². The van der Waals surface area contributed by atoms with E-state index in [-0.39, 0.29) is 0 Å². The number of rotatable bonds is 8. The summed E-state index contributed by atoms with van der Waals surface area (Å²) in [7, 11) is 0. The number of anilines is 6. The summed E-state index contributed by atoms with van der Waals surface area (Å²) < 4.78 is 4.79. The predicted octanol–water partition coefficient (Wildman–Crippen LogP) is 18.8. The normalized spacial score (nSPS) is 11.9. The van der Waals surface area contributed by atoms with E-state index < -0.39 is 0 Å². The first-order valence-corrected chi connectivity index (χ1v) is 24.8. The highest BCUT2D eigenvalue weighted by molar-refractivity contribution is 6.19. The Kier molecular flexibility index (Phi) is 8.92. The Hall–Kier alpha value is -9.64. The number of para-hydroxylation sites is 6. The molecule has 1 aliphatic carbocycles. The molecule has 1 aliphatic rings. The summed E-state index contributed by atoms with van der Waals surface area (Å²) in [6, 6.07) is 97.6. The van der Waals surface area contributed by atoms with E-state index in [9.17, 15) is 0 Å². The van der Waals surface area contributed by atoms with E-state index in [1.54, 1.807) is 0 Å². The zero-order chi connectivity index (χ0) is 47.3. The SMILES string of the molecule is c1ccc(N(c2ccc3cc4c(cc3c2)-c2cc3cc(N(c5ccccc5)c5cccc6c5c5ccccc5n6-c5ccccc5)ccc3cc2-4)c2cccc3c2c2ccccc2n3-c2ccccc2)cc1. The second kappa shape index (κ2) is 16.0. The van der Waals surface area contributed by atoms with Crippen molar-refractivity contribution in [2.24, 2.45) is 0 Å². The van der Waals surface area contributed by atoms with Gasteiger partial charge in [0, 0.05) is 55.7 Å². The molecular formula is C68H44N4. The third-order valence-electron chi connectivity index (χ3n) is 14.9. The molecule has 15 rings (SSSR count). The lowest BCUT2D eigenvalue weighted by Crippen LogP contribution is -2.10. The summed E-state index contributed by atoms with van der Waals surface area (Å²) >= 11 is 0. The van der Waals surface area contributed by atoms with Crippen molar-refractivity contribution >= 4 is 99.3 Å². The molecule has 0 N–H and O–H groups in total. The quantitative estimate of drug-likeness (QED) is 0.151. The summed E-state index contributed by atoms with van der Waals surface area (Å²) in [5.74, 6) is 0. The van der Waals surface area contributed by atoms with Crippen LogP contribution in [0.4, 0.5) is 34.1 Å². The van der Waals surface area contributed by atoms with Gasteiger partial charge in [0.2, 0.25) is 0 Å². The second-order valence-electron chi connectivity index (χ2n) is 18.9. The molecule has 2 heterocycles. The van der Waals surface area contributed by atoms with Crippen LogP contribution in [0.25, 0.3) is 98.8 Å². The Morgan fingerprint density at radius 3 is 1.00 bits per heavy atom. The van der Waals surface area contributed by atoms with Crippen LogP contribution in [-0.2, 0) is 0 Å². The van der Waals surface area contributed by atoms with E-state index in [0.29, 0.717) is 0 Å². The average molecular weight is 917 g/mol. The van der Waals surface area contributed by atoms with Gasteiger partial charge < -0.3 is 18.9 Å². The topological polar surface area (TPSA) is 16.3 Å². The van der Waals surface area contributed by atoms with Crippen LogP contribution in [0.3, 0.4) is 0 Å². The van der Waals surface area contributed by atoms with E-state index in [1.807, 2.05) is 0 Å². The molecule has 4 heteroatoms. The second-order valence-corrected chi connectivity index (χ2v) is 18.9. The number of benzene rings is 12. The monoisotopic (exact) mass is 916 g/mol. The fourth-order valence-electron chi connectivity index (χ4n) is 11.8. The molecule has 0 saturated heterocycles.